The fraction of sp³-hybridized carbons (Fsp3) is 0.326. The van der Waals surface area contributed by atoms with Gasteiger partial charge in [0.1, 0.15) is 17.3 Å². The summed E-state index contributed by atoms with van der Waals surface area (Å²) < 4.78 is 6.75. The quantitative estimate of drug-likeness (QED) is 0.185. The van der Waals surface area contributed by atoms with Gasteiger partial charge in [-0.05, 0) is 93.6 Å². The van der Waals surface area contributed by atoms with Crippen LogP contribution in [-0.2, 0) is 16.2 Å². The summed E-state index contributed by atoms with van der Waals surface area (Å²) in [6, 6.07) is 36.6. The SMILES string of the molecule is CN1CN(c2cc(Oc3cccc(N(c4ccccc4)c4cc(C(C)(C)C)ccn4)c3)cc(C(C)(C)C)c2)c2ccc(C(C)(C)C)cc21. The van der Waals surface area contributed by atoms with Gasteiger partial charge in [0.2, 0.25) is 0 Å². The number of hydrogen-bond donors (Lipinski definition) is 0. The Morgan fingerprint density at radius 2 is 1.25 bits per heavy atom. The fourth-order valence-corrected chi connectivity index (χ4v) is 6.16. The summed E-state index contributed by atoms with van der Waals surface area (Å²) >= 11 is 0. The number of para-hydroxylation sites is 1. The molecule has 0 bridgehead atoms. The van der Waals surface area contributed by atoms with Crippen LogP contribution in [-0.4, -0.2) is 18.7 Å². The molecule has 0 amide bonds. The van der Waals surface area contributed by atoms with E-state index in [-0.39, 0.29) is 16.2 Å². The first-order chi connectivity index (χ1) is 22.6. The average Bonchev–Trinajstić information content (AvgIpc) is 3.36. The molecule has 248 valence electrons. The molecule has 0 fully saturated rings. The number of ether oxygens (including phenoxy) is 1. The van der Waals surface area contributed by atoms with Crippen molar-refractivity contribution in [3.63, 3.8) is 0 Å². The van der Waals surface area contributed by atoms with Gasteiger partial charge in [-0.3, -0.25) is 4.90 Å². The maximum Gasteiger partial charge on any atom is 0.137 e. The molecule has 48 heavy (non-hydrogen) atoms. The second kappa shape index (κ2) is 12.4. The van der Waals surface area contributed by atoms with Gasteiger partial charge in [0.15, 0.2) is 0 Å². The Hall–Kier alpha value is -4.77. The minimum absolute atomic E-state index is 0.000325. The minimum atomic E-state index is -0.0611. The average molecular weight is 639 g/mol. The van der Waals surface area contributed by atoms with E-state index in [0.29, 0.717) is 0 Å². The van der Waals surface area contributed by atoms with E-state index in [0.717, 1.165) is 41.0 Å². The summed E-state index contributed by atoms with van der Waals surface area (Å²) in [5.41, 5.74) is 9.44. The van der Waals surface area contributed by atoms with E-state index in [1.54, 1.807) is 0 Å². The van der Waals surface area contributed by atoms with Crippen LogP contribution in [0.25, 0.3) is 0 Å². The van der Waals surface area contributed by atoms with Crippen molar-refractivity contribution in [3.8, 4) is 11.5 Å². The van der Waals surface area contributed by atoms with Crippen molar-refractivity contribution < 1.29 is 4.74 Å². The van der Waals surface area contributed by atoms with Gasteiger partial charge in [-0.25, -0.2) is 4.98 Å². The van der Waals surface area contributed by atoms with E-state index in [2.05, 4.69) is 175 Å². The molecule has 0 radical (unpaired) electrons. The van der Waals surface area contributed by atoms with Crippen molar-refractivity contribution in [2.75, 3.05) is 28.4 Å². The summed E-state index contributed by atoms with van der Waals surface area (Å²) in [5.74, 6) is 2.46. The molecule has 0 unspecified atom stereocenters. The molecule has 1 aliphatic rings. The van der Waals surface area contributed by atoms with Gasteiger partial charge < -0.3 is 14.5 Å². The second-order valence-electron chi connectivity index (χ2n) is 16.1. The zero-order valence-electron chi connectivity index (χ0n) is 30.3. The minimum Gasteiger partial charge on any atom is -0.457 e. The number of benzene rings is 4. The van der Waals surface area contributed by atoms with Crippen molar-refractivity contribution in [3.05, 3.63) is 126 Å². The first-order valence-electron chi connectivity index (χ1n) is 17.0. The number of nitrogens with zero attached hydrogens (tertiary/aromatic N) is 4. The Morgan fingerprint density at radius 3 is 1.94 bits per heavy atom. The van der Waals surface area contributed by atoms with Crippen LogP contribution in [0.1, 0.15) is 79.0 Å². The molecule has 0 atom stereocenters. The van der Waals surface area contributed by atoms with Gasteiger partial charge >= 0.3 is 0 Å². The number of anilines is 6. The Kier molecular flexibility index (Phi) is 8.53. The molecule has 5 aromatic rings. The topological polar surface area (TPSA) is 31.8 Å². The van der Waals surface area contributed by atoms with Gasteiger partial charge in [0.25, 0.3) is 0 Å². The number of rotatable bonds is 6. The summed E-state index contributed by atoms with van der Waals surface area (Å²) in [6.07, 6.45) is 1.91. The molecule has 0 spiro atoms. The molecule has 0 aliphatic carbocycles. The third-order valence-electron chi connectivity index (χ3n) is 9.13. The first kappa shape index (κ1) is 33.1. The molecule has 5 nitrogen and oxygen atoms in total. The summed E-state index contributed by atoms with van der Waals surface area (Å²) in [7, 11) is 2.17. The molecule has 1 aromatic heterocycles. The highest BCUT2D eigenvalue weighted by atomic mass is 16.5. The smallest absolute Gasteiger partial charge is 0.137 e. The van der Waals surface area contributed by atoms with Gasteiger partial charge in [-0.2, -0.15) is 0 Å². The van der Waals surface area contributed by atoms with Crippen LogP contribution in [0.15, 0.2) is 109 Å². The molecule has 0 saturated carbocycles. The van der Waals surface area contributed by atoms with Gasteiger partial charge in [-0.15, -0.1) is 0 Å². The van der Waals surface area contributed by atoms with Crippen molar-refractivity contribution in [1.29, 1.82) is 0 Å². The monoisotopic (exact) mass is 638 g/mol. The Labute approximate surface area is 287 Å². The van der Waals surface area contributed by atoms with Crippen molar-refractivity contribution >= 4 is 34.3 Å². The maximum absolute atomic E-state index is 6.75. The van der Waals surface area contributed by atoms with Gasteiger partial charge in [0.05, 0.1) is 23.7 Å². The molecular weight excluding hydrogens is 589 g/mol. The fourth-order valence-electron chi connectivity index (χ4n) is 6.16. The van der Waals surface area contributed by atoms with Crippen LogP contribution in [0.3, 0.4) is 0 Å². The predicted molar refractivity (Wildman–Crippen MR) is 203 cm³/mol. The lowest BCUT2D eigenvalue weighted by Crippen LogP contribution is -2.24. The third kappa shape index (κ3) is 6.92. The Balaban J connectivity index is 1.39. The second-order valence-corrected chi connectivity index (χ2v) is 16.1. The molecule has 4 aromatic carbocycles. The summed E-state index contributed by atoms with van der Waals surface area (Å²) in [6.45, 7) is 21.0. The largest absolute Gasteiger partial charge is 0.457 e. The van der Waals surface area contributed by atoms with E-state index in [9.17, 15) is 0 Å². The number of aromatic nitrogens is 1. The lowest BCUT2D eigenvalue weighted by Gasteiger charge is -2.27. The molecular formula is C43H50N4O. The zero-order chi connectivity index (χ0) is 34.4. The number of pyridine rings is 1. The molecule has 2 heterocycles. The van der Waals surface area contributed by atoms with E-state index in [4.69, 9.17) is 9.72 Å². The lowest BCUT2D eigenvalue weighted by atomic mass is 9.86. The van der Waals surface area contributed by atoms with Crippen molar-refractivity contribution in [2.45, 2.75) is 78.6 Å². The van der Waals surface area contributed by atoms with Crippen molar-refractivity contribution in [1.82, 2.24) is 4.98 Å². The Morgan fingerprint density at radius 1 is 0.583 bits per heavy atom. The zero-order valence-corrected chi connectivity index (χ0v) is 30.3. The molecule has 1 aliphatic heterocycles. The van der Waals surface area contributed by atoms with Crippen LogP contribution < -0.4 is 19.4 Å². The molecule has 6 rings (SSSR count). The lowest BCUT2D eigenvalue weighted by molar-refractivity contribution is 0.479. The van der Waals surface area contributed by atoms with Crippen LogP contribution in [0.4, 0.5) is 34.3 Å². The number of fused-ring (bicyclic) bond motifs is 1. The van der Waals surface area contributed by atoms with E-state index >= 15 is 0 Å². The summed E-state index contributed by atoms with van der Waals surface area (Å²) in [4.78, 5) is 11.8. The van der Waals surface area contributed by atoms with Gasteiger partial charge in [0, 0.05) is 36.8 Å². The highest BCUT2D eigenvalue weighted by Gasteiger charge is 2.28. The highest BCUT2D eigenvalue weighted by Crippen LogP contribution is 2.45. The highest BCUT2D eigenvalue weighted by molar-refractivity contribution is 5.83. The first-order valence-corrected chi connectivity index (χ1v) is 17.0. The Bertz CT molecular complexity index is 1910. The van der Waals surface area contributed by atoms with Crippen LogP contribution >= 0.6 is 0 Å². The van der Waals surface area contributed by atoms with Crippen LogP contribution in [0.5, 0.6) is 11.5 Å². The number of hydrogen-bond acceptors (Lipinski definition) is 5. The predicted octanol–water partition coefficient (Wildman–Crippen LogP) is 11.8. The standard InChI is InChI=1S/C43H50N4O/c1-41(2,3)30-19-20-38-39(25-30)45(10)29-46(38)35-23-32(43(7,8)9)24-37(28-35)48-36-18-14-17-34(27-36)47(33-15-12-11-13-16-33)40-26-31(21-22-44-40)42(4,5)6/h11-28H,29H2,1-10H3. The molecule has 0 saturated heterocycles. The van der Waals surface area contributed by atoms with Crippen molar-refractivity contribution in [2.24, 2.45) is 0 Å². The molecule has 0 N–H and O–H groups in total. The van der Waals surface area contributed by atoms with E-state index in [1.807, 2.05) is 18.3 Å². The summed E-state index contributed by atoms with van der Waals surface area (Å²) in [5, 5.41) is 0. The van der Waals surface area contributed by atoms with Crippen LogP contribution in [0.2, 0.25) is 0 Å². The molecule has 5 heteroatoms. The van der Waals surface area contributed by atoms with Crippen LogP contribution in [0, 0.1) is 0 Å². The van der Waals surface area contributed by atoms with E-state index in [1.165, 1.54) is 28.1 Å². The normalized spacial score (nSPS) is 13.5. The van der Waals surface area contributed by atoms with E-state index < -0.39 is 0 Å². The maximum atomic E-state index is 6.75. The van der Waals surface area contributed by atoms with Gasteiger partial charge in [-0.1, -0.05) is 92.6 Å². The third-order valence-corrected chi connectivity index (χ3v) is 9.13.